The SMILES string of the molecule is C=C(C)C(=O)O.CNCCCN. The molecule has 4 heteroatoms. The van der Waals surface area contributed by atoms with Crippen LogP contribution in [0.15, 0.2) is 12.2 Å². The molecule has 0 aromatic rings. The summed E-state index contributed by atoms with van der Waals surface area (Å²) in [7, 11) is 1.93. The lowest BCUT2D eigenvalue weighted by Crippen LogP contribution is -2.12. The largest absolute Gasteiger partial charge is 0.478 e. The van der Waals surface area contributed by atoms with Gasteiger partial charge in [0, 0.05) is 5.57 Å². The average molecular weight is 174 g/mol. The second kappa shape index (κ2) is 10.1. The molecule has 0 heterocycles. The standard InChI is InChI=1S/C4H12N2.C4H6O2/c1-6-4-2-3-5;1-3(2)4(5)6/h6H,2-5H2,1H3;1H2,2H3,(H,5,6). The lowest BCUT2D eigenvalue weighted by atomic mass is 10.4. The molecule has 0 spiro atoms. The molecular formula is C8H18N2O2. The molecule has 0 atom stereocenters. The van der Waals surface area contributed by atoms with Crippen LogP contribution >= 0.6 is 0 Å². The third-order valence-corrected chi connectivity index (χ3v) is 0.996. The molecule has 0 unspecified atom stereocenters. The van der Waals surface area contributed by atoms with Gasteiger partial charge in [-0.25, -0.2) is 4.79 Å². The smallest absolute Gasteiger partial charge is 0.330 e. The van der Waals surface area contributed by atoms with Gasteiger partial charge in [-0.1, -0.05) is 6.58 Å². The lowest BCUT2D eigenvalue weighted by molar-refractivity contribution is -0.132. The van der Waals surface area contributed by atoms with Crippen molar-refractivity contribution in [2.24, 2.45) is 5.73 Å². The van der Waals surface area contributed by atoms with E-state index in [4.69, 9.17) is 10.8 Å². The normalized spacial score (nSPS) is 8.25. The second-order valence-electron chi connectivity index (χ2n) is 2.33. The molecule has 0 saturated heterocycles. The van der Waals surface area contributed by atoms with Gasteiger partial charge in [-0.05, 0) is 33.5 Å². The Bertz CT molecular complexity index is 119. The molecule has 0 fully saturated rings. The van der Waals surface area contributed by atoms with Gasteiger partial charge in [0.15, 0.2) is 0 Å². The van der Waals surface area contributed by atoms with E-state index >= 15 is 0 Å². The van der Waals surface area contributed by atoms with Crippen molar-refractivity contribution in [3.05, 3.63) is 12.2 Å². The highest BCUT2D eigenvalue weighted by molar-refractivity contribution is 5.84. The summed E-state index contributed by atoms with van der Waals surface area (Å²) in [6.07, 6.45) is 1.08. The maximum atomic E-state index is 9.60. The molecule has 72 valence electrons. The first-order valence-electron chi connectivity index (χ1n) is 3.79. The molecule has 0 bridgehead atoms. The number of hydrogen-bond acceptors (Lipinski definition) is 3. The van der Waals surface area contributed by atoms with Crippen LogP contribution in [0.4, 0.5) is 0 Å². The Kier molecular flexibility index (Phi) is 11.6. The van der Waals surface area contributed by atoms with Crippen molar-refractivity contribution in [3.8, 4) is 0 Å². The molecule has 0 saturated carbocycles. The molecule has 4 N–H and O–H groups in total. The van der Waals surface area contributed by atoms with E-state index in [2.05, 4.69) is 11.9 Å². The monoisotopic (exact) mass is 174 g/mol. The summed E-state index contributed by atoms with van der Waals surface area (Å²) in [6.45, 7) is 6.43. The van der Waals surface area contributed by atoms with E-state index in [0.717, 1.165) is 19.5 Å². The van der Waals surface area contributed by atoms with E-state index in [1.165, 1.54) is 6.92 Å². The summed E-state index contributed by atoms with van der Waals surface area (Å²) >= 11 is 0. The Morgan fingerprint density at radius 2 is 2.08 bits per heavy atom. The van der Waals surface area contributed by atoms with Crippen LogP contribution in [0.1, 0.15) is 13.3 Å². The number of hydrogen-bond donors (Lipinski definition) is 3. The van der Waals surface area contributed by atoms with Gasteiger partial charge in [0.25, 0.3) is 0 Å². The van der Waals surface area contributed by atoms with Crippen LogP contribution in [0.5, 0.6) is 0 Å². The number of rotatable bonds is 4. The highest BCUT2D eigenvalue weighted by Crippen LogP contribution is 1.81. The Morgan fingerprint density at radius 1 is 1.67 bits per heavy atom. The first-order valence-corrected chi connectivity index (χ1v) is 3.79. The number of carboxylic acid groups (broad SMARTS) is 1. The number of carboxylic acids is 1. The second-order valence-corrected chi connectivity index (χ2v) is 2.33. The zero-order valence-electron chi connectivity index (χ0n) is 7.76. The third kappa shape index (κ3) is 16.1. The average Bonchev–Trinajstić information content (AvgIpc) is 2.02. The van der Waals surface area contributed by atoms with E-state index in [9.17, 15) is 4.79 Å². The van der Waals surface area contributed by atoms with Gasteiger partial charge in [-0.2, -0.15) is 0 Å². The fourth-order valence-electron chi connectivity index (χ4n) is 0.279. The summed E-state index contributed by atoms with van der Waals surface area (Å²) in [4.78, 5) is 9.60. The van der Waals surface area contributed by atoms with E-state index in [-0.39, 0.29) is 5.57 Å². The Balaban J connectivity index is 0. The molecule has 0 aliphatic rings. The molecular weight excluding hydrogens is 156 g/mol. The van der Waals surface area contributed by atoms with E-state index in [1.54, 1.807) is 0 Å². The third-order valence-electron chi connectivity index (χ3n) is 0.996. The first kappa shape index (κ1) is 13.7. The van der Waals surface area contributed by atoms with Crippen molar-refractivity contribution in [1.29, 1.82) is 0 Å². The van der Waals surface area contributed by atoms with E-state index < -0.39 is 5.97 Å². The van der Waals surface area contributed by atoms with Gasteiger partial charge >= 0.3 is 5.97 Å². The number of nitrogens with one attached hydrogen (secondary N) is 1. The Hall–Kier alpha value is -0.870. The molecule has 0 aromatic carbocycles. The number of nitrogens with two attached hydrogens (primary N) is 1. The van der Waals surface area contributed by atoms with Crippen LogP contribution in [0.3, 0.4) is 0 Å². The maximum absolute atomic E-state index is 9.60. The number of carbonyl (C=O) groups is 1. The summed E-state index contributed by atoms with van der Waals surface area (Å²) in [5.74, 6) is -0.935. The van der Waals surface area contributed by atoms with Crippen LogP contribution in [0.25, 0.3) is 0 Å². The Labute approximate surface area is 73.5 Å². The van der Waals surface area contributed by atoms with Crippen LogP contribution in [0.2, 0.25) is 0 Å². The molecule has 0 aliphatic heterocycles. The molecule has 0 rings (SSSR count). The van der Waals surface area contributed by atoms with E-state index in [1.807, 2.05) is 7.05 Å². The molecule has 12 heavy (non-hydrogen) atoms. The van der Waals surface area contributed by atoms with Gasteiger partial charge in [0.05, 0.1) is 0 Å². The molecule has 0 aliphatic carbocycles. The molecule has 0 radical (unpaired) electrons. The number of aliphatic carboxylic acids is 1. The predicted octanol–water partition coefficient (Wildman–Crippen LogP) is 0.202. The minimum absolute atomic E-state index is 0.176. The topological polar surface area (TPSA) is 75.3 Å². The van der Waals surface area contributed by atoms with Crippen molar-refractivity contribution in [2.75, 3.05) is 20.1 Å². The maximum Gasteiger partial charge on any atom is 0.330 e. The van der Waals surface area contributed by atoms with Crippen LogP contribution in [0, 0.1) is 0 Å². The van der Waals surface area contributed by atoms with Gasteiger partial charge in [0.1, 0.15) is 0 Å². The molecule has 4 nitrogen and oxygen atoms in total. The van der Waals surface area contributed by atoms with Gasteiger partial charge in [-0.15, -0.1) is 0 Å². The highest BCUT2D eigenvalue weighted by Gasteiger charge is 1.90. The van der Waals surface area contributed by atoms with Crippen LogP contribution in [-0.2, 0) is 4.79 Å². The zero-order valence-corrected chi connectivity index (χ0v) is 7.76. The minimum atomic E-state index is -0.935. The quantitative estimate of drug-likeness (QED) is 0.420. The minimum Gasteiger partial charge on any atom is -0.478 e. The van der Waals surface area contributed by atoms with Crippen molar-refractivity contribution >= 4 is 5.97 Å². The summed E-state index contributed by atoms with van der Waals surface area (Å²) in [5, 5.41) is 10.9. The van der Waals surface area contributed by atoms with Crippen molar-refractivity contribution < 1.29 is 9.90 Å². The van der Waals surface area contributed by atoms with Crippen molar-refractivity contribution in [1.82, 2.24) is 5.32 Å². The molecule has 0 amide bonds. The van der Waals surface area contributed by atoms with Crippen molar-refractivity contribution in [2.45, 2.75) is 13.3 Å². The summed E-state index contributed by atoms with van der Waals surface area (Å²) in [6, 6.07) is 0. The van der Waals surface area contributed by atoms with Crippen LogP contribution < -0.4 is 11.1 Å². The summed E-state index contributed by atoms with van der Waals surface area (Å²) in [5.41, 5.74) is 5.35. The van der Waals surface area contributed by atoms with Gasteiger partial charge < -0.3 is 16.2 Å². The lowest BCUT2D eigenvalue weighted by Gasteiger charge is -1.90. The first-order chi connectivity index (χ1) is 5.56. The highest BCUT2D eigenvalue weighted by atomic mass is 16.4. The van der Waals surface area contributed by atoms with Gasteiger partial charge in [0.2, 0.25) is 0 Å². The molecule has 0 aromatic heterocycles. The predicted molar refractivity (Wildman–Crippen MR) is 50.0 cm³/mol. The van der Waals surface area contributed by atoms with Crippen LogP contribution in [-0.4, -0.2) is 31.2 Å². The van der Waals surface area contributed by atoms with Gasteiger partial charge in [-0.3, -0.25) is 0 Å². The summed E-state index contributed by atoms with van der Waals surface area (Å²) < 4.78 is 0. The zero-order chi connectivity index (χ0) is 9.98. The fraction of sp³-hybridized carbons (Fsp3) is 0.625. The fourth-order valence-corrected chi connectivity index (χ4v) is 0.279. The van der Waals surface area contributed by atoms with Crippen molar-refractivity contribution in [3.63, 3.8) is 0 Å². The Morgan fingerprint density at radius 3 is 2.17 bits per heavy atom. The van der Waals surface area contributed by atoms with E-state index in [0.29, 0.717) is 0 Å².